The van der Waals surface area contributed by atoms with Gasteiger partial charge in [0.1, 0.15) is 0 Å². The van der Waals surface area contributed by atoms with Crippen LogP contribution in [0.2, 0.25) is 10.0 Å². The Morgan fingerprint density at radius 2 is 1.86 bits per heavy atom. The second-order valence-electron chi connectivity index (χ2n) is 8.39. The van der Waals surface area contributed by atoms with Gasteiger partial charge in [-0.15, -0.1) is 0 Å². The van der Waals surface area contributed by atoms with Crippen molar-refractivity contribution in [2.24, 2.45) is 0 Å². The average Bonchev–Trinajstić information content (AvgIpc) is 3.28. The van der Waals surface area contributed by atoms with Gasteiger partial charge in [-0.1, -0.05) is 34.5 Å². The van der Waals surface area contributed by atoms with E-state index in [4.69, 9.17) is 32.9 Å². The predicted molar refractivity (Wildman–Crippen MR) is 142 cm³/mol. The van der Waals surface area contributed by atoms with Crippen LogP contribution in [0.3, 0.4) is 0 Å². The van der Waals surface area contributed by atoms with Crippen molar-refractivity contribution >= 4 is 65.6 Å². The van der Waals surface area contributed by atoms with E-state index in [1.54, 1.807) is 4.90 Å². The van der Waals surface area contributed by atoms with Crippen molar-refractivity contribution in [3.05, 3.63) is 52.0 Å². The topological polar surface area (TPSA) is 79.8 Å². The SMILES string of the molecule is Cc1c(Cl)ccc2sc(N(CCCN3CCOCC3)C(=O)CCS(=O)(=O)c3ccc(Cl)cc3)nc12. The van der Waals surface area contributed by atoms with Crippen LogP contribution < -0.4 is 4.90 Å². The molecule has 0 radical (unpaired) electrons. The highest BCUT2D eigenvalue weighted by Gasteiger charge is 2.24. The van der Waals surface area contributed by atoms with E-state index in [2.05, 4.69) is 4.90 Å². The van der Waals surface area contributed by atoms with Crippen LogP contribution in [0.1, 0.15) is 18.4 Å². The first-order chi connectivity index (χ1) is 16.7. The number of hydrogen-bond acceptors (Lipinski definition) is 7. The molecule has 7 nitrogen and oxygen atoms in total. The van der Waals surface area contributed by atoms with Crippen molar-refractivity contribution in [3.8, 4) is 0 Å². The number of hydrogen-bond donors (Lipinski definition) is 0. The molecular formula is C24H27Cl2N3O4S2. The lowest BCUT2D eigenvalue weighted by Crippen LogP contribution is -2.39. The number of morpholine rings is 1. The van der Waals surface area contributed by atoms with Crippen molar-refractivity contribution in [1.29, 1.82) is 0 Å². The molecule has 2 aromatic carbocycles. The van der Waals surface area contributed by atoms with Gasteiger partial charge in [0.15, 0.2) is 15.0 Å². The molecular weight excluding hydrogens is 529 g/mol. The Bertz CT molecular complexity index is 1290. The minimum absolute atomic E-state index is 0.141. The highest BCUT2D eigenvalue weighted by Crippen LogP contribution is 2.34. The third-order valence-electron chi connectivity index (χ3n) is 5.99. The zero-order valence-corrected chi connectivity index (χ0v) is 22.5. The maximum atomic E-state index is 13.3. The first-order valence-corrected chi connectivity index (χ1v) is 14.6. The summed E-state index contributed by atoms with van der Waals surface area (Å²) in [6, 6.07) is 9.70. The molecule has 1 saturated heterocycles. The number of amides is 1. The molecule has 1 aromatic heterocycles. The largest absolute Gasteiger partial charge is 0.379 e. The molecule has 4 rings (SSSR count). The molecule has 1 aliphatic rings. The summed E-state index contributed by atoms with van der Waals surface area (Å²) in [6.45, 7) is 6.33. The monoisotopic (exact) mass is 555 g/mol. The first kappa shape index (κ1) is 26.3. The van der Waals surface area contributed by atoms with Gasteiger partial charge in [0.25, 0.3) is 0 Å². The molecule has 1 aliphatic heterocycles. The number of aromatic nitrogens is 1. The number of rotatable bonds is 9. The summed E-state index contributed by atoms with van der Waals surface area (Å²) in [5.41, 5.74) is 1.62. The summed E-state index contributed by atoms with van der Waals surface area (Å²) < 4.78 is 31.9. The standard InChI is InChI=1S/C24H27Cl2N3O4S2/c1-17-20(26)7-8-21-23(17)27-24(34-21)29(11-2-10-28-12-14-33-15-13-28)22(30)9-16-35(31,32)19-5-3-18(25)4-6-19/h3-8H,2,9-16H2,1H3. The first-order valence-electron chi connectivity index (χ1n) is 11.4. The Balaban J connectivity index is 1.51. The smallest absolute Gasteiger partial charge is 0.229 e. The molecule has 3 aromatic rings. The van der Waals surface area contributed by atoms with Crippen LogP contribution >= 0.6 is 34.5 Å². The zero-order valence-electron chi connectivity index (χ0n) is 19.4. The number of ether oxygens (including phenoxy) is 1. The number of carbonyl (C=O) groups is 1. The molecule has 0 atom stereocenters. The Morgan fingerprint density at radius 1 is 1.14 bits per heavy atom. The summed E-state index contributed by atoms with van der Waals surface area (Å²) in [5, 5.41) is 1.63. The summed E-state index contributed by atoms with van der Waals surface area (Å²) >= 11 is 13.6. The summed E-state index contributed by atoms with van der Waals surface area (Å²) in [7, 11) is -3.63. The minimum Gasteiger partial charge on any atom is -0.379 e. The molecule has 0 saturated carbocycles. The van der Waals surface area contributed by atoms with E-state index in [0.717, 1.165) is 41.8 Å². The molecule has 11 heteroatoms. The normalized spacial score (nSPS) is 14.9. The molecule has 2 heterocycles. The molecule has 1 amide bonds. The fourth-order valence-electron chi connectivity index (χ4n) is 3.92. The fraction of sp³-hybridized carbons (Fsp3) is 0.417. The minimum atomic E-state index is -3.63. The van der Waals surface area contributed by atoms with E-state index < -0.39 is 9.84 Å². The number of halogens is 2. The van der Waals surface area contributed by atoms with Crippen molar-refractivity contribution in [1.82, 2.24) is 9.88 Å². The van der Waals surface area contributed by atoms with Gasteiger partial charge in [-0.05, 0) is 55.3 Å². The van der Waals surface area contributed by atoms with E-state index in [9.17, 15) is 13.2 Å². The maximum Gasteiger partial charge on any atom is 0.229 e. The van der Waals surface area contributed by atoms with Crippen molar-refractivity contribution in [3.63, 3.8) is 0 Å². The Morgan fingerprint density at radius 3 is 2.57 bits per heavy atom. The van der Waals surface area contributed by atoms with Gasteiger partial charge in [-0.2, -0.15) is 0 Å². The van der Waals surface area contributed by atoms with Gasteiger partial charge < -0.3 is 4.74 Å². The Kier molecular flexibility index (Phi) is 8.67. The number of nitrogens with zero attached hydrogens (tertiary/aromatic N) is 3. The second kappa shape index (κ2) is 11.5. The zero-order chi connectivity index (χ0) is 25.0. The lowest BCUT2D eigenvalue weighted by molar-refractivity contribution is -0.118. The van der Waals surface area contributed by atoms with E-state index >= 15 is 0 Å². The quantitative estimate of drug-likeness (QED) is 0.376. The summed E-state index contributed by atoms with van der Waals surface area (Å²) in [6.07, 6.45) is 0.601. The number of carbonyl (C=O) groups excluding carboxylic acids is 1. The van der Waals surface area contributed by atoms with Crippen molar-refractivity contribution in [2.45, 2.75) is 24.7 Å². The number of sulfone groups is 1. The van der Waals surface area contributed by atoms with E-state index in [0.29, 0.717) is 34.9 Å². The van der Waals surface area contributed by atoms with Crippen LogP contribution in [0.5, 0.6) is 0 Å². The van der Waals surface area contributed by atoms with E-state index in [-0.39, 0.29) is 23.0 Å². The van der Waals surface area contributed by atoms with Crippen molar-refractivity contribution < 1.29 is 17.9 Å². The molecule has 0 aliphatic carbocycles. The van der Waals surface area contributed by atoms with Gasteiger partial charge in [0, 0.05) is 42.6 Å². The van der Waals surface area contributed by atoms with Crippen LogP contribution in [-0.2, 0) is 19.4 Å². The van der Waals surface area contributed by atoms with Gasteiger partial charge in [0.05, 0.1) is 34.1 Å². The third-order valence-corrected chi connectivity index (χ3v) is 9.42. The third kappa shape index (κ3) is 6.53. The maximum absolute atomic E-state index is 13.3. The number of benzene rings is 2. The number of fused-ring (bicyclic) bond motifs is 1. The Hall–Kier alpha value is -1.75. The molecule has 0 unspecified atom stereocenters. The van der Waals surface area contributed by atoms with Crippen LogP contribution in [0.25, 0.3) is 10.2 Å². The van der Waals surface area contributed by atoms with Crippen LogP contribution in [0.4, 0.5) is 5.13 Å². The number of anilines is 1. The van der Waals surface area contributed by atoms with Crippen LogP contribution in [0.15, 0.2) is 41.3 Å². The highest BCUT2D eigenvalue weighted by atomic mass is 35.5. The van der Waals surface area contributed by atoms with Crippen LogP contribution in [0, 0.1) is 6.92 Å². The van der Waals surface area contributed by atoms with Gasteiger partial charge >= 0.3 is 0 Å². The molecule has 1 fully saturated rings. The van der Waals surface area contributed by atoms with Crippen LogP contribution in [-0.4, -0.2) is 69.4 Å². The number of thiazole rings is 1. The Labute approximate surface area is 219 Å². The molecule has 0 bridgehead atoms. The second-order valence-corrected chi connectivity index (χ2v) is 12.4. The summed E-state index contributed by atoms with van der Waals surface area (Å²) in [4.78, 5) is 22.1. The van der Waals surface area contributed by atoms with Gasteiger partial charge in [-0.25, -0.2) is 13.4 Å². The van der Waals surface area contributed by atoms with E-state index in [1.807, 2.05) is 19.1 Å². The summed E-state index contributed by atoms with van der Waals surface area (Å²) in [5.74, 6) is -0.560. The van der Waals surface area contributed by atoms with Gasteiger partial charge in [0.2, 0.25) is 5.91 Å². The van der Waals surface area contributed by atoms with E-state index in [1.165, 1.54) is 35.6 Å². The molecule has 35 heavy (non-hydrogen) atoms. The highest BCUT2D eigenvalue weighted by molar-refractivity contribution is 7.91. The van der Waals surface area contributed by atoms with Crippen molar-refractivity contribution in [2.75, 3.05) is 50.0 Å². The average molecular weight is 557 g/mol. The molecule has 0 N–H and O–H groups in total. The lowest BCUT2D eigenvalue weighted by Gasteiger charge is -2.27. The lowest BCUT2D eigenvalue weighted by atomic mass is 10.2. The predicted octanol–water partition coefficient (Wildman–Crippen LogP) is 4.83. The molecule has 188 valence electrons. The molecule has 0 spiro atoms. The fourth-order valence-corrected chi connectivity index (χ4v) is 6.50. The number of aryl methyl sites for hydroxylation is 1. The van der Waals surface area contributed by atoms with Gasteiger partial charge in [-0.3, -0.25) is 14.6 Å².